The molecule has 0 aromatic carbocycles. The van der Waals surface area contributed by atoms with Crippen molar-refractivity contribution < 1.29 is 8.42 Å². The number of hydrogen-bond acceptors (Lipinski definition) is 4. The van der Waals surface area contributed by atoms with E-state index in [0.717, 1.165) is 25.7 Å². The number of nitrogens with two attached hydrogens (primary N) is 1. The number of nitrogens with one attached hydrogen (secondary N) is 1. The van der Waals surface area contributed by atoms with E-state index in [2.05, 4.69) is 9.82 Å². The summed E-state index contributed by atoms with van der Waals surface area (Å²) in [6, 6.07) is -0.116. The Hall–Kier alpha value is -0.340. The van der Waals surface area contributed by atoms with E-state index in [4.69, 9.17) is 17.3 Å². The predicted molar refractivity (Wildman–Crippen MR) is 80.6 cm³/mol. The van der Waals surface area contributed by atoms with E-state index in [1.165, 1.54) is 10.9 Å². The van der Waals surface area contributed by atoms with Crippen molar-refractivity contribution >= 4 is 34.0 Å². The Morgan fingerprint density at radius 2 is 2.15 bits per heavy atom. The zero-order chi connectivity index (χ0) is 14.0. The average molecular weight is 343 g/mol. The SMILES string of the molecule is Cl.Cn1ncc(Cl)c1S(=O)(=O)NC1CCCCC1CN. The molecule has 6 nitrogen and oxygen atoms in total. The van der Waals surface area contributed by atoms with Gasteiger partial charge in [0.15, 0.2) is 5.03 Å². The number of hydrogen-bond donors (Lipinski definition) is 2. The molecule has 0 saturated heterocycles. The second kappa shape index (κ2) is 7.09. The Labute approximate surface area is 130 Å². The van der Waals surface area contributed by atoms with Crippen molar-refractivity contribution in [3.8, 4) is 0 Å². The van der Waals surface area contributed by atoms with Crippen LogP contribution in [0.2, 0.25) is 5.02 Å². The van der Waals surface area contributed by atoms with E-state index < -0.39 is 10.0 Å². The van der Waals surface area contributed by atoms with Gasteiger partial charge in [-0.15, -0.1) is 12.4 Å². The lowest BCUT2D eigenvalue weighted by Gasteiger charge is -2.30. The Bertz CT molecular complexity index is 527. The third-order valence-corrected chi connectivity index (χ3v) is 5.61. The number of nitrogens with zero attached hydrogens (tertiary/aromatic N) is 2. The molecular weight excluding hydrogens is 323 g/mol. The van der Waals surface area contributed by atoms with Crippen molar-refractivity contribution in [2.24, 2.45) is 18.7 Å². The van der Waals surface area contributed by atoms with Crippen molar-refractivity contribution in [1.29, 1.82) is 0 Å². The van der Waals surface area contributed by atoms with E-state index in [-0.39, 0.29) is 34.4 Å². The summed E-state index contributed by atoms with van der Waals surface area (Å²) in [4.78, 5) is 0. The average Bonchev–Trinajstić information content (AvgIpc) is 2.70. The first-order valence-electron chi connectivity index (χ1n) is 6.35. The van der Waals surface area contributed by atoms with Crippen LogP contribution >= 0.6 is 24.0 Å². The first kappa shape index (κ1) is 17.7. The lowest BCUT2D eigenvalue weighted by atomic mass is 9.85. The summed E-state index contributed by atoms with van der Waals surface area (Å²) in [6.07, 6.45) is 5.23. The topological polar surface area (TPSA) is 90.0 Å². The fourth-order valence-electron chi connectivity index (χ4n) is 2.60. The third kappa shape index (κ3) is 3.65. The summed E-state index contributed by atoms with van der Waals surface area (Å²) >= 11 is 5.89. The fourth-order valence-corrected chi connectivity index (χ4v) is 4.60. The Morgan fingerprint density at radius 3 is 2.70 bits per heavy atom. The van der Waals surface area contributed by atoms with Gasteiger partial charge in [0, 0.05) is 13.1 Å². The number of aromatic nitrogens is 2. The summed E-state index contributed by atoms with van der Waals surface area (Å²) in [7, 11) is -2.10. The molecule has 2 rings (SSSR count). The zero-order valence-electron chi connectivity index (χ0n) is 11.3. The van der Waals surface area contributed by atoms with Crippen LogP contribution in [-0.4, -0.2) is 30.8 Å². The van der Waals surface area contributed by atoms with Crippen LogP contribution in [0, 0.1) is 5.92 Å². The highest BCUT2D eigenvalue weighted by Crippen LogP contribution is 2.26. The second-order valence-electron chi connectivity index (χ2n) is 4.93. The van der Waals surface area contributed by atoms with Crippen LogP contribution in [0.25, 0.3) is 0 Å². The van der Waals surface area contributed by atoms with Gasteiger partial charge < -0.3 is 5.73 Å². The van der Waals surface area contributed by atoms with Crippen LogP contribution in [0.15, 0.2) is 11.2 Å². The van der Waals surface area contributed by atoms with Gasteiger partial charge in [0.1, 0.15) is 0 Å². The molecule has 0 radical (unpaired) electrons. The second-order valence-corrected chi connectivity index (χ2v) is 6.97. The molecule has 0 spiro atoms. The number of aryl methyl sites for hydroxylation is 1. The molecule has 1 aliphatic rings. The monoisotopic (exact) mass is 342 g/mol. The molecule has 116 valence electrons. The van der Waals surface area contributed by atoms with Gasteiger partial charge in [0.05, 0.1) is 11.2 Å². The van der Waals surface area contributed by atoms with E-state index in [9.17, 15) is 8.42 Å². The first-order chi connectivity index (χ1) is 8.95. The molecule has 1 heterocycles. The molecule has 1 aromatic rings. The fraction of sp³-hybridized carbons (Fsp3) is 0.727. The summed E-state index contributed by atoms with van der Waals surface area (Å²) in [6.45, 7) is 0.492. The summed E-state index contributed by atoms with van der Waals surface area (Å²) in [5, 5.41) is 4.00. The van der Waals surface area contributed by atoms with Gasteiger partial charge in [-0.25, -0.2) is 13.1 Å². The molecule has 2 atom stereocenters. The minimum atomic E-state index is -3.66. The smallest absolute Gasteiger partial charge is 0.259 e. The van der Waals surface area contributed by atoms with Crippen LogP contribution in [-0.2, 0) is 17.1 Å². The molecule has 20 heavy (non-hydrogen) atoms. The molecule has 0 aliphatic heterocycles. The molecule has 9 heteroatoms. The Balaban J connectivity index is 0.00000200. The molecular formula is C11H20Cl2N4O2S. The highest BCUT2D eigenvalue weighted by atomic mass is 35.5. The van der Waals surface area contributed by atoms with Gasteiger partial charge in [0.2, 0.25) is 0 Å². The van der Waals surface area contributed by atoms with E-state index in [0.29, 0.717) is 6.54 Å². The minimum Gasteiger partial charge on any atom is -0.330 e. The Morgan fingerprint density at radius 1 is 1.50 bits per heavy atom. The molecule has 2 unspecified atom stereocenters. The number of rotatable bonds is 4. The summed E-state index contributed by atoms with van der Waals surface area (Å²) in [5.74, 6) is 0.190. The van der Waals surface area contributed by atoms with Crippen molar-refractivity contribution in [1.82, 2.24) is 14.5 Å². The molecule has 0 bridgehead atoms. The molecule has 1 aliphatic carbocycles. The van der Waals surface area contributed by atoms with Crippen molar-refractivity contribution in [2.75, 3.05) is 6.54 Å². The number of halogens is 2. The minimum absolute atomic E-state index is 0. The number of sulfonamides is 1. The highest BCUT2D eigenvalue weighted by Gasteiger charge is 2.31. The van der Waals surface area contributed by atoms with Crippen LogP contribution in [0.4, 0.5) is 0 Å². The lowest BCUT2D eigenvalue weighted by molar-refractivity contribution is 0.295. The zero-order valence-corrected chi connectivity index (χ0v) is 13.6. The first-order valence-corrected chi connectivity index (χ1v) is 8.21. The van der Waals surface area contributed by atoms with E-state index in [1.807, 2.05) is 0 Å². The summed E-state index contributed by atoms with van der Waals surface area (Å²) in [5.41, 5.74) is 5.71. The molecule has 1 saturated carbocycles. The third-order valence-electron chi connectivity index (χ3n) is 3.62. The van der Waals surface area contributed by atoms with Crippen LogP contribution in [0.1, 0.15) is 25.7 Å². The van der Waals surface area contributed by atoms with Gasteiger partial charge >= 0.3 is 0 Å². The van der Waals surface area contributed by atoms with Gasteiger partial charge in [-0.3, -0.25) is 4.68 Å². The standard InChI is InChI=1S/C11H19ClN4O2S.ClH/c1-16-11(9(12)7-14-16)19(17,18)15-10-5-3-2-4-8(10)6-13;/h7-8,10,15H,2-6,13H2,1H3;1H. The van der Waals surface area contributed by atoms with Crippen molar-refractivity contribution in [3.63, 3.8) is 0 Å². The molecule has 1 fully saturated rings. The largest absolute Gasteiger partial charge is 0.330 e. The normalized spacial score (nSPS) is 23.4. The predicted octanol–water partition coefficient (Wildman–Crippen LogP) is 1.29. The van der Waals surface area contributed by atoms with Gasteiger partial charge in [-0.2, -0.15) is 5.10 Å². The molecule has 1 aromatic heterocycles. The van der Waals surface area contributed by atoms with Gasteiger partial charge in [0.25, 0.3) is 10.0 Å². The molecule has 3 N–H and O–H groups in total. The molecule has 0 amide bonds. The maximum atomic E-state index is 12.4. The van der Waals surface area contributed by atoms with Gasteiger partial charge in [-0.1, -0.05) is 24.4 Å². The van der Waals surface area contributed by atoms with Crippen molar-refractivity contribution in [2.45, 2.75) is 36.8 Å². The van der Waals surface area contributed by atoms with Gasteiger partial charge in [-0.05, 0) is 25.3 Å². The van der Waals surface area contributed by atoms with Crippen LogP contribution in [0.5, 0.6) is 0 Å². The van der Waals surface area contributed by atoms with Crippen molar-refractivity contribution in [3.05, 3.63) is 11.2 Å². The van der Waals surface area contributed by atoms with E-state index in [1.54, 1.807) is 7.05 Å². The highest BCUT2D eigenvalue weighted by molar-refractivity contribution is 7.89. The maximum Gasteiger partial charge on any atom is 0.259 e. The van der Waals surface area contributed by atoms with Crippen LogP contribution in [0.3, 0.4) is 0 Å². The quantitative estimate of drug-likeness (QED) is 0.862. The summed E-state index contributed by atoms with van der Waals surface area (Å²) < 4.78 is 28.7. The van der Waals surface area contributed by atoms with E-state index >= 15 is 0 Å². The lowest BCUT2D eigenvalue weighted by Crippen LogP contribution is -2.45. The Kier molecular flexibility index (Phi) is 6.27. The maximum absolute atomic E-state index is 12.4. The van der Waals surface area contributed by atoms with Crippen LogP contribution < -0.4 is 10.5 Å².